The van der Waals surface area contributed by atoms with Gasteiger partial charge in [-0.1, -0.05) is 52.3 Å². The molecule has 4 rings (SSSR count). The fraction of sp³-hybridized carbons (Fsp3) is 0.0909. The first-order valence-corrected chi connectivity index (χ1v) is 11.0. The van der Waals surface area contributed by atoms with Crippen molar-refractivity contribution in [1.82, 2.24) is 4.90 Å². The Hall–Kier alpha value is -3.37. The van der Waals surface area contributed by atoms with Crippen LogP contribution < -0.4 is 4.74 Å². The smallest absolute Gasteiger partial charge is 0.312 e. The predicted molar refractivity (Wildman–Crippen MR) is 125 cm³/mol. The van der Waals surface area contributed by atoms with Crippen molar-refractivity contribution >= 4 is 61.4 Å². The molecule has 32 heavy (non-hydrogen) atoms. The molecule has 1 aliphatic heterocycles. The van der Waals surface area contributed by atoms with Gasteiger partial charge in [-0.15, -0.1) is 0 Å². The van der Waals surface area contributed by atoms with E-state index in [1.165, 1.54) is 12.1 Å². The topological polar surface area (TPSA) is 110 Å². The van der Waals surface area contributed by atoms with Crippen LogP contribution in [0.3, 0.4) is 0 Å². The maximum atomic E-state index is 12.7. The number of carbonyl (C=O) groups is 2. The normalized spacial score (nSPS) is 15.0. The minimum atomic E-state index is -0.728. The van der Waals surface area contributed by atoms with Crippen LogP contribution in [0, 0.1) is 10.1 Å². The molecule has 10 heteroatoms. The second-order valence-electron chi connectivity index (χ2n) is 6.78. The first-order chi connectivity index (χ1) is 15.3. The van der Waals surface area contributed by atoms with Crippen molar-refractivity contribution in [2.24, 2.45) is 0 Å². The Labute approximate surface area is 194 Å². The van der Waals surface area contributed by atoms with Gasteiger partial charge in [-0.3, -0.25) is 24.6 Å². The number of benzene rings is 3. The molecule has 0 spiro atoms. The molecule has 1 aliphatic rings. The van der Waals surface area contributed by atoms with Gasteiger partial charge in [0.1, 0.15) is 12.4 Å². The van der Waals surface area contributed by atoms with E-state index in [9.17, 15) is 24.8 Å². The van der Waals surface area contributed by atoms with E-state index in [0.717, 1.165) is 21.7 Å². The zero-order chi connectivity index (χ0) is 22.8. The van der Waals surface area contributed by atoms with E-state index in [4.69, 9.17) is 4.74 Å². The molecule has 0 bridgehead atoms. The molecule has 0 radical (unpaired) electrons. The first-order valence-electron chi connectivity index (χ1n) is 9.38. The molecule has 162 valence electrons. The lowest BCUT2D eigenvalue weighted by Gasteiger charge is -2.14. The second-order valence-corrected chi connectivity index (χ2v) is 8.69. The fourth-order valence-electron chi connectivity index (χ4n) is 3.26. The van der Waals surface area contributed by atoms with Crippen LogP contribution in [0.25, 0.3) is 16.8 Å². The van der Waals surface area contributed by atoms with Crippen LogP contribution in [0.5, 0.6) is 11.5 Å². The van der Waals surface area contributed by atoms with Gasteiger partial charge in [0, 0.05) is 21.5 Å². The van der Waals surface area contributed by atoms with E-state index in [1.54, 1.807) is 0 Å². The van der Waals surface area contributed by atoms with Crippen molar-refractivity contribution in [2.45, 2.75) is 0 Å². The van der Waals surface area contributed by atoms with Crippen LogP contribution in [0.4, 0.5) is 10.5 Å². The molecular weight excluding hydrogens is 500 g/mol. The van der Waals surface area contributed by atoms with Crippen LogP contribution in [0.15, 0.2) is 64.0 Å². The van der Waals surface area contributed by atoms with Crippen molar-refractivity contribution in [1.29, 1.82) is 0 Å². The Morgan fingerprint density at radius 1 is 1.16 bits per heavy atom. The summed E-state index contributed by atoms with van der Waals surface area (Å²) >= 11 is 3.85. The van der Waals surface area contributed by atoms with E-state index in [1.807, 2.05) is 42.5 Å². The number of hydrogen-bond donors (Lipinski definition) is 1. The average Bonchev–Trinajstić information content (AvgIpc) is 3.03. The Bertz CT molecular complexity index is 1290. The van der Waals surface area contributed by atoms with Crippen molar-refractivity contribution in [3.8, 4) is 11.5 Å². The zero-order valence-electron chi connectivity index (χ0n) is 16.4. The van der Waals surface area contributed by atoms with Gasteiger partial charge in [-0.25, -0.2) is 0 Å². The minimum Gasteiger partial charge on any atom is -0.502 e. The van der Waals surface area contributed by atoms with Gasteiger partial charge in [0.15, 0.2) is 0 Å². The summed E-state index contributed by atoms with van der Waals surface area (Å²) in [7, 11) is 0. The summed E-state index contributed by atoms with van der Waals surface area (Å²) in [6.07, 6.45) is 1.27. The quantitative estimate of drug-likeness (QED) is 0.268. The Morgan fingerprint density at radius 3 is 2.69 bits per heavy atom. The second kappa shape index (κ2) is 9.01. The van der Waals surface area contributed by atoms with Gasteiger partial charge in [0.2, 0.25) is 5.75 Å². The molecule has 3 aromatic carbocycles. The maximum absolute atomic E-state index is 12.7. The number of halogens is 1. The standard InChI is InChI=1S/C22H15BrN2O6S/c23-15-10-14(20(26)17(12-15)25(29)30)11-19-21(27)24(22(28)32-19)8-9-31-18-7-3-5-13-4-1-2-6-16(13)18/h1-7,10-12,26H,8-9H2/b19-11-. The summed E-state index contributed by atoms with van der Waals surface area (Å²) in [4.78, 5) is 36.6. The van der Waals surface area contributed by atoms with Crippen LogP contribution in [-0.4, -0.2) is 39.2 Å². The summed E-state index contributed by atoms with van der Waals surface area (Å²) in [6, 6.07) is 16.0. The van der Waals surface area contributed by atoms with Crippen molar-refractivity contribution < 1.29 is 24.4 Å². The van der Waals surface area contributed by atoms with Crippen LogP contribution in [0.1, 0.15) is 5.56 Å². The number of fused-ring (bicyclic) bond motifs is 1. The van der Waals surface area contributed by atoms with E-state index in [0.29, 0.717) is 22.0 Å². The minimum absolute atomic E-state index is 0.0375. The molecule has 1 fully saturated rings. The number of nitro benzene ring substituents is 1. The van der Waals surface area contributed by atoms with Crippen molar-refractivity contribution in [3.05, 3.63) is 79.7 Å². The lowest BCUT2D eigenvalue weighted by molar-refractivity contribution is -0.385. The SMILES string of the molecule is O=C1S/C(=C\c2cc(Br)cc([N+](=O)[O-])c2O)C(=O)N1CCOc1cccc2ccccc12. The number of ether oxygens (including phenoxy) is 1. The molecule has 2 amide bonds. The summed E-state index contributed by atoms with van der Waals surface area (Å²) < 4.78 is 6.17. The molecule has 1 N–H and O–H groups in total. The molecule has 0 aliphatic carbocycles. The predicted octanol–water partition coefficient (Wildman–Crippen LogP) is 5.33. The van der Waals surface area contributed by atoms with Gasteiger partial charge in [0.25, 0.3) is 11.1 Å². The van der Waals surface area contributed by atoms with Gasteiger partial charge in [0.05, 0.1) is 16.4 Å². The molecule has 1 heterocycles. The Balaban J connectivity index is 1.49. The number of aromatic hydroxyl groups is 1. The third-order valence-electron chi connectivity index (χ3n) is 4.76. The highest BCUT2D eigenvalue weighted by Gasteiger charge is 2.35. The number of phenolic OH excluding ortho intramolecular Hbond substituents is 1. The number of thioether (sulfide) groups is 1. The summed E-state index contributed by atoms with van der Waals surface area (Å²) in [6.45, 7) is 0.142. The Kier molecular flexibility index (Phi) is 6.15. The number of carbonyl (C=O) groups excluding carboxylic acids is 2. The number of phenols is 1. The number of nitro groups is 1. The van der Waals surface area contributed by atoms with Crippen molar-refractivity contribution in [2.75, 3.05) is 13.2 Å². The van der Waals surface area contributed by atoms with Gasteiger partial charge < -0.3 is 9.84 Å². The molecule has 1 saturated heterocycles. The monoisotopic (exact) mass is 514 g/mol. The maximum Gasteiger partial charge on any atom is 0.312 e. The van der Waals surface area contributed by atoms with Crippen LogP contribution in [-0.2, 0) is 4.79 Å². The first kappa shape index (κ1) is 21.8. The lowest BCUT2D eigenvalue weighted by atomic mass is 10.1. The number of hydrogen-bond acceptors (Lipinski definition) is 7. The van der Waals surface area contributed by atoms with E-state index >= 15 is 0 Å². The number of amides is 2. The number of rotatable bonds is 6. The molecule has 0 aromatic heterocycles. The van der Waals surface area contributed by atoms with Gasteiger partial charge in [-0.05, 0) is 35.4 Å². The Morgan fingerprint density at radius 2 is 1.91 bits per heavy atom. The fourth-order valence-corrected chi connectivity index (χ4v) is 4.58. The van der Waals surface area contributed by atoms with E-state index in [-0.39, 0.29) is 23.6 Å². The lowest BCUT2D eigenvalue weighted by Crippen LogP contribution is -2.32. The van der Waals surface area contributed by atoms with E-state index < -0.39 is 27.5 Å². The molecular formula is C22H15BrN2O6S. The largest absolute Gasteiger partial charge is 0.502 e. The third-order valence-corrected chi connectivity index (χ3v) is 6.13. The molecule has 8 nitrogen and oxygen atoms in total. The molecule has 0 saturated carbocycles. The van der Waals surface area contributed by atoms with Gasteiger partial charge in [-0.2, -0.15) is 0 Å². The van der Waals surface area contributed by atoms with Crippen molar-refractivity contribution in [3.63, 3.8) is 0 Å². The summed E-state index contributed by atoms with van der Waals surface area (Å²) in [5.41, 5.74) is -0.447. The van der Waals surface area contributed by atoms with Crippen LogP contribution >= 0.6 is 27.7 Å². The molecule has 0 unspecified atom stereocenters. The molecule has 3 aromatic rings. The highest BCUT2D eigenvalue weighted by molar-refractivity contribution is 9.10. The highest BCUT2D eigenvalue weighted by Crippen LogP contribution is 2.38. The van der Waals surface area contributed by atoms with Crippen LogP contribution in [0.2, 0.25) is 0 Å². The summed E-state index contributed by atoms with van der Waals surface area (Å²) in [5, 5.41) is 22.7. The van der Waals surface area contributed by atoms with E-state index in [2.05, 4.69) is 15.9 Å². The summed E-state index contributed by atoms with van der Waals surface area (Å²) in [5.74, 6) is -0.482. The third kappa shape index (κ3) is 4.32. The highest BCUT2D eigenvalue weighted by atomic mass is 79.9. The number of imide groups is 1. The molecule has 0 atom stereocenters. The number of nitrogens with zero attached hydrogens (tertiary/aromatic N) is 2. The average molecular weight is 515 g/mol. The van der Waals surface area contributed by atoms with Gasteiger partial charge >= 0.3 is 5.69 Å². The zero-order valence-corrected chi connectivity index (χ0v) is 18.8.